The second kappa shape index (κ2) is 13.6. The van der Waals surface area contributed by atoms with E-state index in [-0.39, 0.29) is 28.4 Å². The van der Waals surface area contributed by atoms with E-state index in [4.69, 9.17) is 9.90 Å². The predicted molar refractivity (Wildman–Crippen MR) is 151 cm³/mol. The van der Waals surface area contributed by atoms with Gasteiger partial charge in [-0.1, -0.05) is 18.2 Å². The number of hydrogen-bond acceptors (Lipinski definition) is 7. The fraction of sp³-hybridized carbons (Fsp3) is 0.214. The summed E-state index contributed by atoms with van der Waals surface area (Å²) in [6, 6.07) is 13.1. The van der Waals surface area contributed by atoms with Gasteiger partial charge in [0, 0.05) is 23.3 Å². The summed E-state index contributed by atoms with van der Waals surface area (Å²) in [5.74, 6) is -3.70. The number of nitrogens with zero attached hydrogens (tertiary/aromatic N) is 2. The molecule has 9 nitrogen and oxygen atoms in total. The Kier molecular flexibility index (Phi) is 10.6. The van der Waals surface area contributed by atoms with E-state index in [1.807, 2.05) is 0 Å². The maximum atomic E-state index is 13.2. The van der Waals surface area contributed by atoms with Gasteiger partial charge in [0.2, 0.25) is 0 Å². The molecule has 0 bridgehead atoms. The van der Waals surface area contributed by atoms with E-state index in [0.29, 0.717) is 17.0 Å². The van der Waals surface area contributed by atoms with Crippen molar-refractivity contribution in [2.75, 3.05) is 0 Å². The first-order chi connectivity index (χ1) is 20.8. The number of benzene rings is 2. The largest absolute Gasteiger partial charge is 0.490 e. The minimum Gasteiger partial charge on any atom is -0.475 e. The van der Waals surface area contributed by atoms with Gasteiger partial charge in [-0.3, -0.25) is 14.2 Å². The zero-order valence-corrected chi connectivity index (χ0v) is 24.9. The molecular formula is C28H23F6N3O6S2. The van der Waals surface area contributed by atoms with Gasteiger partial charge in [-0.15, -0.1) is 11.3 Å². The highest BCUT2D eigenvalue weighted by molar-refractivity contribution is 7.90. The molecule has 0 spiro atoms. The lowest BCUT2D eigenvalue weighted by molar-refractivity contribution is -0.192. The summed E-state index contributed by atoms with van der Waals surface area (Å²) in [4.78, 5) is 39.0. The van der Waals surface area contributed by atoms with Crippen LogP contribution < -0.4 is 10.9 Å². The lowest BCUT2D eigenvalue weighted by Crippen LogP contribution is -2.33. The van der Waals surface area contributed by atoms with Gasteiger partial charge in [0.1, 0.15) is 5.56 Å². The quantitative estimate of drug-likeness (QED) is 0.248. The summed E-state index contributed by atoms with van der Waals surface area (Å²) >= 11 is 1.37. The molecule has 240 valence electrons. The van der Waals surface area contributed by atoms with Gasteiger partial charge in [-0.05, 0) is 61.9 Å². The Morgan fingerprint density at radius 3 is 2.13 bits per heavy atom. The number of carboxylic acids is 1. The molecule has 0 atom stereocenters. The average Bonchev–Trinajstić information content (AvgIpc) is 3.35. The highest BCUT2D eigenvalue weighted by atomic mass is 32.2. The molecule has 2 N–H and O–H groups in total. The fourth-order valence-corrected chi connectivity index (χ4v) is 5.76. The molecule has 4 rings (SSSR count). The van der Waals surface area contributed by atoms with Crippen LogP contribution >= 0.6 is 11.3 Å². The van der Waals surface area contributed by atoms with Crippen LogP contribution in [0.25, 0.3) is 5.69 Å². The molecule has 4 aromatic rings. The zero-order chi connectivity index (χ0) is 33.7. The molecule has 0 fully saturated rings. The van der Waals surface area contributed by atoms with E-state index < -0.39 is 45.2 Å². The van der Waals surface area contributed by atoms with E-state index in [0.717, 1.165) is 21.7 Å². The van der Waals surface area contributed by atoms with Crippen molar-refractivity contribution in [3.63, 3.8) is 0 Å². The minimum absolute atomic E-state index is 0.00131. The van der Waals surface area contributed by atoms with Crippen LogP contribution in [0.15, 0.2) is 75.7 Å². The molecule has 2 aromatic heterocycles. The summed E-state index contributed by atoms with van der Waals surface area (Å²) < 4.78 is 97.6. The molecule has 0 saturated carbocycles. The first-order valence-corrected chi connectivity index (χ1v) is 15.0. The van der Waals surface area contributed by atoms with Crippen LogP contribution in [0.5, 0.6) is 0 Å². The fourth-order valence-electron chi connectivity index (χ4n) is 3.79. The monoisotopic (exact) mass is 675 g/mol. The van der Waals surface area contributed by atoms with E-state index in [1.54, 1.807) is 31.4 Å². The molecule has 0 radical (unpaired) electrons. The molecule has 45 heavy (non-hydrogen) atoms. The summed E-state index contributed by atoms with van der Waals surface area (Å²) in [5, 5.41) is 12.2. The molecule has 0 saturated heterocycles. The SMILES string of the molecule is Cc1nc(CS(=O)(=O)c2ccc(CNC(=O)c3ccc(C)n(-c4cccc(C(F)(F)F)c4)c3=O)cc2)cs1.O=C(O)C(F)(F)F. The average molecular weight is 676 g/mol. The van der Waals surface area contributed by atoms with E-state index in [9.17, 15) is 44.3 Å². The Balaban J connectivity index is 0.000000707. The zero-order valence-electron chi connectivity index (χ0n) is 23.2. The lowest BCUT2D eigenvalue weighted by atomic mass is 10.1. The Morgan fingerprint density at radius 1 is 0.978 bits per heavy atom. The number of carboxylic acid groups (broad SMARTS) is 1. The Bertz CT molecular complexity index is 1870. The number of amides is 1. The molecular weight excluding hydrogens is 652 g/mol. The molecule has 0 aliphatic heterocycles. The number of aryl methyl sites for hydroxylation is 2. The topological polar surface area (TPSA) is 135 Å². The van der Waals surface area contributed by atoms with Crippen LogP contribution in [0.2, 0.25) is 0 Å². The normalized spacial score (nSPS) is 11.8. The Morgan fingerprint density at radius 2 is 1.60 bits per heavy atom. The number of aromatic nitrogens is 2. The van der Waals surface area contributed by atoms with Crippen LogP contribution in [0.3, 0.4) is 0 Å². The smallest absolute Gasteiger partial charge is 0.475 e. The van der Waals surface area contributed by atoms with E-state index in [2.05, 4.69) is 10.3 Å². The summed E-state index contributed by atoms with van der Waals surface area (Å²) in [7, 11) is -3.60. The van der Waals surface area contributed by atoms with Gasteiger partial charge in [-0.25, -0.2) is 18.2 Å². The summed E-state index contributed by atoms with van der Waals surface area (Å²) in [5.41, 5.74) is -0.517. The van der Waals surface area contributed by atoms with Crippen molar-refractivity contribution >= 4 is 33.1 Å². The number of sulfone groups is 1. The molecule has 2 aromatic carbocycles. The van der Waals surface area contributed by atoms with Crippen molar-refractivity contribution in [2.24, 2.45) is 0 Å². The molecule has 0 unspecified atom stereocenters. The minimum atomic E-state index is -5.08. The number of thiazole rings is 1. The summed E-state index contributed by atoms with van der Waals surface area (Å²) in [6.45, 7) is 3.34. The second-order valence-corrected chi connectivity index (χ2v) is 12.4. The predicted octanol–water partition coefficient (Wildman–Crippen LogP) is 5.47. The van der Waals surface area contributed by atoms with Crippen LogP contribution in [-0.4, -0.2) is 41.1 Å². The first-order valence-electron chi connectivity index (χ1n) is 12.5. The number of pyridine rings is 1. The van der Waals surface area contributed by atoms with Crippen molar-refractivity contribution in [3.05, 3.63) is 109 Å². The maximum Gasteiger partial charge on any atom is 0.490 e. The number of rotatable bonds is 7. The number of aliphatic carboxylic acids is 1. The van der Waals surface area contributed by atoms with Crippen LogP contribution in [0.4, 0.5) is 26.3 Å². The van der Waals surface area contributed by atoms with Crippen molar-refractivity contribution in [3.8, 4) is 5.69 Å². The standard InChI is InChI=1S/C26H22F3N3O4S2.C2HF3O2/c1-16-6-11-23(25(34)32(16)21-5-3-4-19(12-21)26(27,28)29)24(33)30-13-18-7-9-22(10-8-18)38(35,36)15-20-14-37-17(2)31-20;3-2(4,5)1(6)7/h3-12,14H,13,15H2,1-2H3,(H,30,33);(H,6,7). The number of carbonyl (C=O) groups is 2. The molecule has 1 amide bonds. The van der Waals surface area contributed by atoms with Gasteiger partial charge in [0.15, 0.2) is 9.84 Å². The van der Waals surface area contributed by atoms with E-state index >= 15 is 0 Å². The third-order valence-electron chi connectivity index (χ3n) is 5.94. The number of nitrogens with one attached hydrogen (secondary N) is 1. The van der Waals surface area contributed by atoms with Crippen molar-refractivity contribution < 1.29 is 49.5 Å². The van der Waals surface area contributed by atoms with Crippen LogP contribution in [0, 0.1) is 13.8 Å². The molecule has 2 heterocycles. The van der Waals surface area contributed by atoms with Crippen molar-refractivity contribution in [1.29, 1.82) is 0 Å². The van der Waals surface area contributed by atoms with Crippen LogP contribution in [0.1, 0.15) is 37.9 Å². The molecule has 0 aliphatic rings. The summed E-state index contributed by atoms with van der Waals surface area (Å²) in [6.07, 6.45) is -9.67. The highest BCUT2D eigenvalue weighted by Crippen LogP contribution is 2.30. The number of alkyl halides is 6. The van der Waals surface area contributed by atoms with Gasteiger partial charge in [0.25, 0.3) is 11.5 Å². The molecule has 0 aliphatic carbocycles. The van der Waals surface area contributed by atoms with Crippen molar-refractivity contribution in [2.45, 2.75) is 43.4 Å². The number of hydrogen-bond donors (Lipinski definition) is 2. The highest BCUT2D eigenvalue weighted by Gasteiger charge is 2.38. The maximum absolute atomic E-state index is 13.2. The third-order valence-corrected chi connectivity index (χ3v) is 8.42. The molecule has 17 heteroatoms. The first kappa shape index (κ1) is 35.0. The Labute approximate surface area is 255 Å². The van der Waals surface area contributed by atoms with Gasteiger partial charge >= 0.3 is 18.3 Å². The second-order valence-electron chi connectivity index (χ2n) is 9.32. The van der Waals surface area contributed by atoms with Crippen molar-refractivity contribution in [1.82, 2.24) is 14.9 Å². The van der Waals surface area contributed by atoms with Gasteiger partial charge < -0.3 is 10.4 Å². The van der Waals surface area contributed by atoms with Gasteiger partial charge in [-0.2, -0.15) is 26.3 Å². The van der Waals surface area contributed by atoms with E-state index in [1.165, 1.54) is 47.7 Å². The van der Waals surface area contributed by atoms with Gasteiger partial charge in [0.05, 0.1) is 26.9 Å². The van der Waals surface area contributed by atoms with Crippen LogP contribution in [-0.2, 0) is 33.1 Å². The number of halogens is 6. The lowest BCUT2D eigenvalue weighted by Gasteiger charge is -2.14. The number of carbonyl (C=O) groups excluding carboxylic acids is 1. The third kappa shape index (κ3) is 9.24. The Hall–Kier alpha value is -4.51.